The lowest BCUT2D eigenvalue weighted by atomic mass is 10.5. The van der Waals surface area contributed by atoms with Crippen LogP contribution in [0.1, 0.15) is 0 Å². The van der Waals surface area contributed by atoms with Crippen molar-refractivity contribution in [2.45, 2.75) is 0 Å². The topological polar surface area (TPSA) is 17.1 Å². The summed E-state index contributed by atoms with van der Waals surface area (Å²) >= 11 is 0. The smallest absolute Gasteiger partial charge is 0.230 e. The van der Waals surface area contributed by atoms with E-state index >= 15 is 0 Å². The number of ketones is 1. The molecule has 10 heavy (non-hydrogen) atoms. The third-order valence-electron chi connectivity index (χ3n) is 0.899. The highest BCUT2D eigenvalue weighted by molar-refractivity contribution is 7.97. The first kappa shape index (κ1) is 10.4. The molecule has 0 rings (SSSR count). The fraction of sp³-hybridized carbons (Fsp3) is 0.857. The summed E-state index contributed by atoms with van der Waals surface area (Å²) in [6, 6.07) is 0. The number of Topliss-reactive ketones (excluding diaryl/α,β-unsaturated/α-hetero) is 1. The van der Waals surface area contributed by atoms with E-state index in [-0.39, 0.29) is 0 Å². The van der Waals surface area contributed by atoms with E-state index in [1.54, 1.807) is 0 Å². The van der Waals surface area contributed by atoms with E-state index in [0.717, 1.165) is 11.5 Å². The van der Waals surface area contributed by atoms with E-state index < -0.39 is 0 Å². The first-order valence-corrected chi connectivity index (χ1v) is 7.54. The highest BCUT2D eigenvalue weighted by atomic mass is 32.2. The molecule has 0 N–H and O–H groups in total. The van der Waals surface area contributed by atoms with Crippen LogP contribution in [-0.2, 0) is 26.6 Å². The minimum absolute atomic E-state index is 0.293. The first-order valence-electron chi connectivity index (χ1n) is 3.12. The summed E-state index contributed by atoms with van der Waals surface area (Å²) in [5.41, 5.74) is 0. The van der Waals surface area contributed by atoms with Crippen LogP contribution >= 0.6 is 0 Å². The second-order valence-electron chi connectivity index (χ2n) is 2.80. The summed E-state index contributed by atoms with van der Waals surface area (Å²) in [5, 5.41) is 0. The van der Waals surface area contributed by atoms with E-state index in [0.29, 0.717) is 27.6 Å². The molecule has 0 fully saturated rings. The number of hydrogen-bond acceptors (Lipinski definition) is 1. The molecule has 0 heterocycles. The zero-order chi connectivity index (χ0) is 8.15. The van der Waals surface area contributed by atoms with Crippen LogP contribution in [0.15, 0.2) is 0 Å². The van der Waals surface area contributed by atoms with Gasteiger partial charge in [-0.3, -0.25) is 4.79 Å². The fourth-order valence-corrected chi connectivity index (χ4v) is 2.31. The average molecular weight is 180 g/mol. The molecule has 0 aromatic carbocycles. The van der Waals surface area contributed by atoms with Gasteiger partial charge < -0.3 is 0 Å². The van der Waals surface area contributed by atoms with Crippen LogP contribution in [0.2, 0.25) is 0 Å². The minimum Gasteiger partial charge on any atom is -0.289 e. The molecule has 0 bridgehead atoms. The van der Waals surface area contributed by atoms with Crippen molar-refractivity contribution in [2.75, 3.05) is 36.5 Å². The van der Waals surface area contributed by atoms with E-state index in [9.17, 15) is 4.79 Å². The molecule has 1 nitrogen and oxygen atoms in total. The Morgan fingerprint density at radius 3 is 1.50 bits per heavy atom. The van der Waals surface area contributed by atoms with Crippen LogP contribution in [0.5, 0.6) is 0 Å². The van der Waals surface area contributed by atoms with Gasteiger partial charge in [-0.1, -0.05) is 0 Å². The molecule has 0 aliphatic heterocycles. The van der Waals surface area contributed by atoms with Crippen LogP contribution < -0.4 is 0 Å². The maximum atomic E-state index is 11.1. The van der Waals surface area contributed by atoms with Gasteiger partial charge in [0, 0.05) is 0 Å². The first-order chi connectivity index (χ1) is 4.52. The standard InChI is InChI=1S/C7H16OS2/c1-9(2)5-7(8)6-10(3)4/h5-6H2,1-4H3/q+2. The third kappa shape index (κ3) is 6.49. The van der Waals surface area contributed by atoms with E-state index in [1.165, 1.54) is 0 Å². The van der Waals surface area contributed by atoms with Crippen molar-refractivity contribution in [2.24, 2.45) is 0 Å². The van der Waals surface area contributed by atoms with Crippen molar-refractivity contribution < 1.29 is 4.79 Å². The number of carbonyl (C=O) groups is 1. The lowest BCUT2D eigenvalue weighted by molar-refractivity contribution is -0.114. The zero-order valence-electron chi connectivity index (χ0n) is 7.14. The highest BCUT2D eigenvalue weighted by Gasteiger charge is 2.17. The molecule has 0 saturated heterocycles. The van der Waals surface area contributed by atoms with Crippen molar-refractivity contribution in [3.63, 3.8) is 0 Å². The Bertz CT molecular complexity index is 98.2. The summed E-state index contributed by atoms with van der Waals surface area (Å²) in [6.07, 6.45) is 8.45. The second-order valence-corrected chi connectivity index (χ2v) is 7.32. The lowest BCUT2D eigenvalue weighted by Crippen LogP contribution is -2.21. The molecule has 0 radical (unpaired) electrons. The average Bonchev–Trinajstić information content (AvgIpc) is 1.58. The van der Waals surface area contributed by atoms with Crippen molar-refractivity contribution >= 4 is 27.6 Å². The van der Waals surface area contributed by atoms with Gasteiger partial charge in [0.15, 0.2) is 11.5 Å². The van der Waals surface area contributed by atoms with Gasteiger partial charge in [0.05, 0.1) is 25.0 Å². The predicted octanol–water partition coefficient (Wildman–Crippen LogP) is 0.311. The Labute approximate surface area is 69.3 Å². The zero-order valence-corrected chi connectivity index (χ0v) is 8.77. The molecule has 0 atom stereocenters. The summed E-state index contributed by atoms with van der Waals surface area (Å²) in [7, 11) is 0.586. The normalized spacial score (nSPS) is 11.0. The van der Waals surface area contributed by atoms with Gasteiger partial charge in [-0.15, -0.1) is 0 Å². The summed E-state index contributed by atoms with van der Waals surface area (Å²) in [4.78, 5) is 11.1. The van der Waals surface area contributed by atoms with Crippen LogP contribution in [-0.4, -0.2) is 42.3 Å². The molecule has 0 aliphatic carbocycles. The Morgan fingerprint density at radius 2 is 1.30 bits per heavy atom. The van der Waals surface area contributed by atoms with Gasteiger partial charge >= 0.3 is 0 Å². The summed E-state index contributed by atoms with van der Waals surface area (Å²) < 4.78 is 0. The lowest BCUT2D eigenvalue weighted by Gasteiger charge is -1.94. The molecule has 0 aliphatic rings. The molecule has 0 spiro atoms. The Kier molecular flexibility index (Phi) is 5.27. The second kappa shape index (κ2) is 5.08. The van der Waals surface area contributed by atoms with Gasteiger partial charge in [-0.05, 0) is 21.8 Å². The van der Waals surface area contributed by atoms with Crippen LogP contribution in [0.3, 0.4) is 0 Å². The molecule has 60 valence electrons. The van der Waals surface area contributed by atoms with Gasteiger partial charge in [0.2, 0.25) is 5.78 Å². The van der Waals surface area contributed by atoms with Crippen molar-refractivity contribution in [1.29, 1.82) is 0 Å². The summed E-state index contributed by atoms with van der Waals surface area (Å²) in [5.74, 6) is 2.00. The largest absolute Gasteiger partial charge is 0.289 e. The Balaban J connectivity index is 3.44. The third-order valence-corrected chi connectivity index (χ3v) is 2.70. The van der Waals surface area contributed by atoms with Crippen LogP contribution in [0, 0.1) is 0 Å². The minimum atomic E-state index is 0.293. The molecular weight excluding hydrogens is 164 g/mol. The number of carbonyl (C=O) groups excluding carboxylic acids is 1. The van der Waals surface area contributed by atoms with Gasteiger partial charge in [-0.2, -0.15) is 0 Å². The maximum absolute atomic E-state index is 11.1. The maximum Gasteiger partial charge on any atom is 0.230 e. The predicted molar refractivity (Wildman–Crippen MR) is 53.2 cm³/mol. The molecule has 0 amide bonds. The van der Waals surface area contributed by atoms with Crippen LogP contribution in [0.25, 0.3) is 0 Å². The van der Waals surface area contributed by atoms with Crippen LogP contribution in [0.4, 0.5) is 0 Å². The molecular formula is C7H16OS2+2. The van der Waals surface area contributed by atoms with Crippen molar-refractivity contribution in [1.82, 2.24) is 0 Å². The highest BCUT2D eigenvalue weighted by Crippen LogP contribution is 1.90. The SMILES string of the molecule is C[S+](C)CC(=O)C[S+](C)C. The fourth-order valence-electron chi connectivity index (χ4n) is 0.686. The van der Waals surface area contributed by atoms with Gasteiger partial charge in [0.25, 0.3) is 0 Å². The molecule has 0 aromatic rings. The quantitative estimate of drug-likeness (QED) is 0.569. The molecule has 0 saturated carbocycles. The van der Waals surface area contributed by atoms with E-state index in [4.69, 9.17) is 0 Å². The summed E-state index contributed by atoms with van der Waals surface area (Å²) in [6.45, 7) is 0. The monoisotopic (exact) mass is 180 g/mol. The van der Waals surface area contributed by atoms with Gasteiger partial charge in [-0.25, -0.2) is 0 Å². The van der Waals surface area contributed by atoms with Crippen molar-refractivity contribution in [3.05, 3.63) is 0 Å². The number of rotatable bonds is 4. The number of hydrogen-bond donors (Lipinski definition) is 0. The Hall–Kier alpha value is 0.370. The Morgan fingerprint density at radius 1 is 1.00 bits per heavy atom. The molecule has 3 heteroatoms. The van der Waals surface area contributed by atoms with E-state index in [1.807, 2.05) is 0 Å². The molecule has 0 unspecified atom stereocenters. The van der Waals surface area contributed by atoms with E-state index in [2.05, 4.69) is 25.0 Å². The van der Waals surface area contributed by atoms with Gasteiger partial charge in [0.1, 0.15) is 0 Å². The van der Waals surface area contributed by atoms with Crippen molar-refractivity contribution in [3.8, 4) is 0 Å². The molecule has 0 aromatic heterocycles.